The molecule has 1 aromatic carbocycles. The number of hydrogen-bond donors (Lipinski definition) is 1. The molecular weight excluding hydrogens is 331 g/mol. The Labute approximate surface area is 122 Å². The van der Waals surface area contributed by atoms with Gasteiger partial charge in [0.05, 0.1) is 4.92 Å². The average molecular weight is 341 g/mol. The predicted octanol–water partition coefficient (Wildman–Crippen LogP) is 3.39. The summed E-state index contributed by atoms with van der Waals surface area (Å²) in [7, 11) is 0. The summed E-state index contributed by atoms with van der Waals surface area (Å²) in [4.78, 5) is 18.3. The Morgan fingerprint density at radius 3 is 2.90 bits per heavy atom. The van der Waals surface area contributed by atoms with Crippen LogP contribution in [0.5, 0.6) is 0 Å². The molecular formula is C12H10BrFN4O2. The van der Waals surface area contributed by atoms with E-state index in [9.17, 15) is 14.5 Å². The summed E-state index contributed by atoms with van der Waals surface area (Å²) in [6.45, 7) is 2.39. The van der Waals surface area contributed by atoms with Crippen LogP contribution >= 0.6 is 15.9 Å². The zero-order valence-corrected chi connectivity index (χ0v) is 12.0. The van der Waals surface area contributed by atoms with Crippen molar-refractivity contribution in [2.45, 2.75) is 6.92 Å². The van der Waals surface area contributed by atoms with E-state index in [0.29, 0.717) is 11.0 Å². The third-order valence-electron chi connectivity index (χ3n) is 2.48. The van der Waals surface area contributed by atoms with Crippen LogP contribution in [0.2, 0.25) is 0 Å². The highest BCUT2D eigenvalue weighted by Gasteiger charge is 2.21. The molecule has 0 spiro atoms. The Morgan fingerprint density at radius 1 is 1.50 bits per heavy atom. The molecule has 1 aromatic heterocycles. The van der Waals surface area contributed by atoms with Gasteiger partial charge in [0.15, 0.2) is 5.69 Å². The largest absolute Gasteiger partial charge is 0.354 e. The first-order valence-corrected chi connectivity index (χ1v) is 6.53. The second-order valence-corrected chi connectivity index (χ2v) is 4.75. The molecule has 20 heavy (non-hydrogen) atoms. The normalized spacial score (nSPS) is 10.3. The lowest BCUT2D eigenvalue weighted by Crippen LogP contribution is -2.05. The lowest BCUT2D eigenvalue weighted by Gasteiger charge is -2.07. The van der Waals surface area contributed by atoms with Crippen molar-refractivity contribution in [2.75, 3.05) is 11.9 Å². The minimum Gasteiger partial charge on any atom is -0.354 e. The van der Waals surface area contributed by atoms with Crippen molar-refractivity contribution < 1.29 is 9.31 Å². The summed E-state index contributed by atoms with van der Waals surface area (Å²) >= 11 is 3.21. The van der Waals surface area contributed by atoms with Gasteiger partial charge in [0, 0.05) is 16.6 Å². The van der Waals surface area contributed by atoms with Crippen LogP contribution in [-0.4, -0.2) is 21.4 Å². The van der Waals surface area contributed by atoms with E-state index in [-0.39, 0.29) is 22.9 Å². The summed E-state index contributed by atoms with van der Waals surface area (Å²) < 4.78 is 14.5. The summed E-state index contributed by atoms with van der Waals surface area (Å²) in [6.07, 6.45) is 1.07. The minimum atomic E-state index is -0.634. The summed E-state index contributed by atoms with van der Waals surface area (Å²) in [5, 5.41) is 13.9. The highest BCUT2D eigenvalue weighted by Crippen LogP contribution is 2.31. The Morgan fingerprint density at radius 2 is 2.25 bits per heavy atom. The first-order valence-electron chi connectivity index (χ1n) is 5.73. The van der Waals surface area contributed by atoms with Crippen molar-refractivity contribution in [2.24, 2.45) is 0 Å². The van der Waals surface area contributed by atoms with Gasteiger partial charge in [-0.25, -0.2) is 14.4 Å². The van der Waals surface area contributed by atoms with Crippen LogP contribution in [0, 0.1) is 15.9 Å². The Balaban J connectivity index is 2.65. The molecule has 0 aliphatic heterocycles. The smallest absolute Gasteiger partial charge is 0.313 e. The fourth-order valence-corrected chi connectivity index (χ4v) is 1.99. The molecule has 2 rings (SSSR count). The van der Waals surface area contributed by atoms with E-state index in [1.54, 1.807) is 0 Å². The second-order valence-electron chi connectivity index (χ2n) is 3.84. The van der Waals surface area contributed by atoms with Crippen LogP contribution in [0.4, 0.5) is 16.0 Å². The summed E-state index contributed by atoms with van der Waals surface area (Å²) in [6, 6.07) is 4.18. The lowest BCUT2D eigenvalue weighted by atomic mass is 10.1. The van der Waals surface area contributed by atoms with E-state index >= 15 is 0 Å². The molecule has 0 aliphatic carbocycles. The number of nitrogens with zero attached hydrogens (tertiary/aromatic N) is 3. The molecule has 0 atom stereocenters. The highest BCUT2D eigenvalue weighted by atomic mass is 79.9. The zero-order chi connectivity index (χ0) is 14.7. The number of halogens is 2. The van der Waals surface area contributed by atoms with Crippen molar-refractivity contribution in [3.63, 3.8) is 0 Å². The van der Waals surface area contributed by atoms with Crippen LogP contribution in [0.3, 0.4) is 0 Å². The van der Waals surface area contributed by atoms with E-state index in [1.165, 1.54) is 18.2 Å². The molecule has 2 aromatic rings. The molecule has 0 aliphatic rings. The van der Waals surface area contributed by atoms with E-state index in [1.807, 2.05) is 6.92 Å². The quantitative estimate of drug-likeness (QED) is 0.681. The average Bonchev–Trinajstić information content (AvgIpc) is 2.41. The Bertz CT molecular complexity index is 666. The summed E-state index contributed by atoms with van der Waals surface area (Å²) in [5.74, 6) is -0.370. The van der Waals surface area contributed by atoms with Gasteiger partial charge in [-0.05, 0) is 25.1 Å². The molecule has 1 heterocycles. The number of aromatic nitrogens is 2. The highest BCUT2D eigenvalue weighted by molar-refractivity contribution is 9.10. The van der Waals surface area contributed by atoms with E-state index in [4.69, 9.17) is 0 Å². The van der Waals surface area contributed by atoms with Crippen molar-refractivity contribution in [3.05, 3.63) is 44.8 Å². The van der Waals surface area contributed by atoms with Crippen LogP contribution in [0.25, 0.3) is 11.3 Å². The van der Waals surface area contributed by atoms with Gasteiger partial charge in [0.1, 0.15) is 12.0 Å². The molecule has 1 N–H and O–H groups in total. The lowest BCUT2D eigenvalue weighted by molar-refractivity contribution is -0.384. The van der Waals surface area contributed by atoms with Crippen LogP contribution in [0.1, 0.15) is 6.92 Å². The molecule has 0 unspecified atom stereocenters. The van der Waals surface area contributed by atoms with Gasteiger partial charge in [-0.2, -0.15) is 0 Å². The number of nitro groups is 1. The molecule has 8 heteroatoms. The van der Waals surface area contributed by atoms with Crippen molar-refractivity contribution in [1.82, 2.24) is 9.97 Å². The van der Waals surface area contributed by atoms with E-state index < -0.39 is 10.7 Å². The molecule has 0 saturated carbocycles. The van der Waals surface area contributed by atoms with Crippen LogP contribution < -0.4 is 5.32 Å². The minimum absolute atomic E-state index is 0.0487. The van der Waals surface area contributed by atoms with E-state index in [2.05, 4.69) is 31.2 Å². The topological polar surface area (TPSA) is 81.0 Å². The number of nitrogens with one attached hydrogen (secondary N) is 1. The Kier molecular flexibility index (Phi) is 4.23. The van der Waals surface area contributed by atoms with Gasteiger partial charge in [0.2, 0.25) is 5.95 Å². The van der Waals surface area contributed by atoms with Crippen LogP contribution in [-0.2, 0) is 0 Å². The van der Waals surface area contributed by atoms with Crippen LogP contribution in [0.15, 0.2) is 28.9 Å². The molecule has 104 valence electrons. The number of benzene rings is 1. The van der Waals surface area contributed by atoms with Gasteiger partial charge in [-0.15, -0.1) is 0 Å². The second kappa shape index (κ2) is 5.91. The number of hydrogen-bond acceptors (Lipinski definition) is 5. The molecule has 0 bridgehead atoms. The maximum Gasteiger partial charge on any atom is 0.313 e. The van der Waals surface area contributed by atoms with Gasteiger partial charge in [-0.1, -0.05) is 15.9 Å². The van der Waals surface area contributed by atoms with Crippen molar-refractivity contribution in [1.29, 1.82) is 0 Å². The van der Waals surface area contributed by atoms with Gasteiger partial charge in [-0.3, -0.25) is 10.1 Å². The molecule has 0 fully saturated rings. The molecule has 6 nitrogen and oxygen atoms in total. The van der Waals surface area contributed by atoms with Gasteiger partial charge < -0.3 is 5.32 Å². The molecule has 0 saturated heterocycles. The maximum atomic E-state index is 13.9. The standard InChI is InChI=1S/C12H10BrFN4O2/c1-2-15-12-16-6-10(18(19)20)11(17-12)8-5-7(13)3-4-9(8)14/h3-6H,2H2,1H3,(H,15,16,17). The van der Waals surface area contributed by atoms with E-state index in [0.717, 1.165) is 6.20 Å². The SMILES string of the molecule is CCNc1ncc([N+](=O)[O-])c(-c2cc(Br)ccc2F)n1. The maximum absolute atomic E-state index is 13.9. The third kappa shape index (κ3) is 2.90. The molecule has 0 amide bonds. The number of anilines is 1. The first kappa shape index (κ1) is 14.3. The first-order chi connectivity index (χ1) is 9.52. The van der Waals surface area contributed by atoms with Gasteiger partial charge in [0.25, 0.3) is 0 Å². The zero-order valence-electron chi connectivity index (χ0n) is 10.4. The fraction of sp³-hybridized carbons (Fsp3) is 0.167. The Hall–Kier alpha value is -2.09. The summed E-state index contributed by atoms with van der Waals surface area (Å²) in [5.41, 5.74) is -0.351. The van der Waals surface area contributed by atoms with Crippen molar-refractivity contribution in [3.8, 4) is 11.3 Å². The fourth-order valence-electron chi connectivity index (χ4n) is 1.63. The predicted molar refractivity (Wildman–Crippen MR) is 75.9 cm³/mol. The van der Waals surface area contributed by atoms with Gasteiger partial charge >= 0.3 is 5.69 Å². The molecule has 0 radical (unpaired) electrons. The third-order valence-corrected chi connectivity index (χ3v) is 2.98. The monoisotopic (exact) mass is 340 g/mol. The number of rotatable bonds is 4. The van der Waals surface area contributed by atoms with Crippen molar-refractivity contribution >= 4 is 27.6 Å².